The lowest BCUT2D eigenvalue weighted by Gasteiger charge is -2.18. The average molecular weight is 218 g/mol. The second-order valence-corrected chi connectivity index (χ2v) is 5.06. The lowest BCUT2D eigenvalue weighted by atomic mass is 9.91. The largest absolute Gasteiger partial charge is 0.324 e. The first-order valence-corrected chi connectivity index (χ1v) is 6.20. The van der Waals surface area contributed by atoms with E-state index in [0.717, 1.165) is 25.4 Å². The van der Waals surface area contributed by atoms with Crippen LogP contribution in [0.4, 0.5) is 0 Å². The van der Waals surface area contributed by atoms with Gasteiger partial charge >= 0.3 is 0 Å². The molecule has 3 N–H and O–H groups in total. The van der Waals surface area contributed by atoms with Crippen molar-refractivity contribution in [1.29, 1.82) is 0 Å². The first-order chi connectivity index (χ1) is 7.66. The van der Waals surface area contributed by atoms with Crippen LogP contribution in [0.5, 0.6) is 0 Å². The minimum atomic E-state index is 0.199. The van der Waals surface area contributed by atoms with Crippen molar-refractivity contribution in [2.75, 3.05) is 13.1 Å². The molecule has 1 fully saturated rings. The van der Waals surface area contributed by atoms with Crippen molar-refractivity contribution < 1.29 is 0 Å². The SMILES string of the molecule is Cc1ccc(C)c(C(N)CC2CCNC2)c1. The van der Waals surface area contributed by atoms with E-state index in [1.807, 2.05) is 0 Å². The highest BCUT2D eigenvalue weighted by molar-refractivity contribution is 5.32. The molecule has 2 heteroatoms. The monoisotopic (exact) mass is 218 g/mol. The number of aryl methyl sites for hydroxylation is 2. The molecule has 1 aliphatic heterocycles. The molecule has 0 amide bonds. The average Bonchev–Trinajstić information content (AvgIpc) is 2.74. The fourth-order valence-electron chi connectivity index (χ4n) is 2.56. The summed E-state index contributed by atoms with van der Waals surface area (Å²) in [7, 11) is 0. The van der Waals surface area contributed by atoms with Gasteiger partial charge in [0.05, 0.1) is 0 Å². The molecule has 0 bridgehead atoms. The maximum absolute atomic E-state index is 6.32. The number of benzene rings is 1. The molecule has 1 aromatic carbocycles. The Balaban J connectivity index is 2.07. The molecule has 2 rings (SSSR count). The van der Waals surface area contributed by atoms with E-state index in [4.69, 9.17) is 5.73 Å². The van der Waals surface area contributed by atoms with Crippen LogP contribution in [0.15, 0.2) is 18.2 Å². The van der Waals surface area contributed by atoms with Crippen molar-refractivity contribution in [3.05, 3.63) is 34.9 Å². The van der Waals surface area contributed by atoms with E-state index >= 15 is 0 Å². The molecule has 2 atom stereocenters. The first kappa shape index (κ1) is 11.6. The molecule has 2 nitrogen and oxygen atoms in total. The normalized spacial score (nSPS) is 22.3. The molecular formula is C14H22N2. The molecule has 0 saturated carbocycles. The smallest absolute Gasteiger partial charge is 0.0300 e. The maximum Gasteiger partial charge on any atom is 0.0300 e. The van der Waals surface area contributed by atoms with Crippen LogP contribution in [0.2, 0.25) is 0 Å². The van der Waals surface area contributed by atoms with Crippen molar-refractivity contribution in [1.82, 2.24) is 5.32 Å². The number of rotatable bonds is 3. The van der Waals surface area contributed by atoms with Gasteiger partial charge in [-0.05, 0) is 56.8 Å². The molecule has 16 heavy (non-hydrogen) atoms. The lowest BCUT2D eigenvalue weighted by molar-refractivity contribution is 0.472. The van der Waals surface area contributed by atoms with Gasteiger partial charge in [-0.25, -0.2) is 0 Å². The molecule has 2 unspecified atom stereocenters. The molecule has 1 saturated heterocycles. The summed E-state index contributed by atoms with van der Waals surface area (Å²) in [5.41, 5.74) is 10.3. The lowest BCUT2D eigenvalue weighted by Crippen LogP contribution is -2.18. The first-order valence-electron chi connectivity index (χ1n) is 6.20. The Labute approximate surface area is 98.2 Å². The highest BCUT2D eigenvalue weighted by Gasteiger charge is 2.19. The zero-order chi connectivity index (χ0) is 11.5. The number of hydrogen-bond acceptors (Lipinski definition) is 2. The van der Waals surface area contributed by atoms with Crippen LogP contribution < -0.4 is 11.1 Å². The summed E-state index contributed by atoms with van der Waals surface area (Å²) in [6.45, 7) is 6.58. The third-order valence-electron chi connectivity index (χ3n) is 3.58. The number of hydrogen-bond donors (Lipinski definition) is 2. The van der Waals surface area contributed by atoms with E-state index in [0.29, 0.717) is 0 Å². The van der Waals surface area contributed by atoms with Crippen molar-refractivity contribution >= 4 is 0 Å². The minimum absolute atomic E-state index is 0.199. The van der Waals surface area contributed by atoms with E-state index in [9.17, 15) is 0 Å². The van der Waals surface area contributed by atoms with Gasteiger partial charge in [0, 0.05) is 6.04 Å². The Morgan fingerprint density at radius 2 is 2.25 bits per heavy atom. The van der Waals surface area contributed by atoms with Gasteiger partial charge in [0.15, 0.2) is 0 Å². The van der Waals surface area contributed by atoms with E-state index in [1.165, 1.54) is 23.1 Å². The highest BCUT2D eigenvalue weighted by atomic mass is 14.9. The molecule has 88 valence electrons. The minimum Gasteiger partial charge on any atom is -0.324 e. The van der Waals surface area contributed by atoms with E-state index in [2.05, 4.69) is 37.4 Å². The second kappa shape index (κ2) is 4.98. The second-order valence-electron chi connectivity index (χ2n) is 5.06. The summed E-state index contributed by atoms with van der Waals surface area (Å²) in [4.78, 5) is 0. The van der Waals surface area contributed by atoms with Crippen LogP contribution in [-0.4, -0.2) is 13.1 Å². The van der Waals surface area contributed by atoms with Gasteiger partial charge in [-0.3, -0.25) is 0 Å². The van der Waals surface area contributed by atoms with Gasteiger partial charge in [0.25, 0.3) is 0 Å². The van der Waals surface area contributed by atoms with Crippen LogP contribution in [0.25, 0.3) is 0 Å². The van der Waals surface area contributed by atoms with Gasteiger partial charge in [-0.15, -0.1) is 0 Å². The van der Waals surface area contributed by atoms with Crippen molar-refractivity contribution in [2.24, 2.45) is 11.7 Å². The van der Waals surface area contributed by atoms with E-state index in [1.54, 1.807) is 0 Å². The van der Waals surface area contributed by atoms with Crippen LogP contribution >= 0.6 is 0 Å². The fraction of sp³-hybridized carbons (Fsp3) is 0.571. The molecule has 1 heterocycles. The predicted molar refractivity (Wildman–Crippen MR) is 68.4 cm³/mol. The zero-order valence-corrected chi connectivity index (χ0v) is 10.3. The summed E-state index contributed by atoms with van der Waals surface area (Å²) in [6.07, 6.45) is 2.38. The summed E-state index contributed by atoms with van der Waals surface area (Å²) in [5.74, 6) is 0.759. The van der Waals surface area contributed by atoms with Gasteiger partial charge in [0.1, 0.15) is 0 Å². The van der Waals surface area contributed by atoms with E-state index in [-0.39, 0.29) is 6.04 Å². The molecule has 1 aromatic rings. The fourth-order valence-corrected chi connectivity index (χ4v) is 2.56. The molecule has 0 aliphatic carbocycles. The predicted octanol–water partition coefficient (Wildman–Crippen LogP) is 2.30. The third-order valence-corrected chi connectivity index (χ3v) is 3.58. The van der Waals surface area contributed by atoms with Crippen molar-refractivity contribution in [3.63, 3.8) is 0 Å². The van der Waals surface area contributed by atoms with Crippen molar-refractivity contribution in [3.8, 4) is 0 Å². The van der Waals surface area contributed by atoms with Gasteiger partial charge in [-0.1, -0.05) is 23.8 Å². The van der Waals surface area contributed by atoms with E-state index < -0.39 is 0 Å². The Hall–Kier alpha value is -0.860. The van der Waals surface area contributed by atoms with Gasteiger partial charge < -0.3 is 11.1 Å². The standard InChI is InChI=1S/C14H22N2/c1-10-3-4-11(2)13(7-10)14(15)8-12-5-6-16-9-12/h3-4,7,12,14,16H,5-6,8-9,15H2,1-2H3. The Bertz CT molecular complexity index is 354. The Morgan fingerprint density at radius 1 is 1.44 bits per heavy atom. The Kier molecular flexibility index (Phi) is 3.62. The van der Waals surface area contributed by atoms with Crippen LogP contribution in [0.1, 0.15) is 35.6 Å². The summed E-state index contributed by atoms with van der Waals surface area (Å²) in [6, 6.07) is 6.77. The molecule has 0 spiro atoms. The summed E-state index contributed by atoms with van der Waals surface area (Å²) >= 11 is 0. The number of nitrogens with two attached hydrogens (primary N) is 1. The van der Waals surface area contributed by atoms with Crippen molar-refractivity contribution in [2.45, 2.75) is 32.7 Å². The third kappa shape index (κ3) is 2.63. The number of nitrogens with one attached hydrogen (secondary N) is 1. The van der Waals surface area contributed by atoms with Gasteiger partial charge in [-0.2, -0.15) is 0 Å². The Morgan fingerprint density at radius 3 is 2.94 bits per heavy atom. The molecule has 0 radical (unpaired) electrons. The van der Waals surface area contributed by atoms with Gasteiger partial charge in [0.2, 0.25) is 0 Å². The molecule has 0 aromatic heterocycles. The maximum atomic E-state index is 6.32. The quantitative estimate of drug-likeness (QED) is 0.817. The highest BCUT2D eigenvalue weighted by Crippen LogP contribution is 2.25. The van der Waals surface area contributed by atoms with Crippen LogP contribution in [0.3, 0.4) is 0 Å². The summed E-state index contributed by atoms with van der Waals surface area (Å²) < 4.78 is 0. The zero-order valence-electron chi connectivity index (χ0n) is 10.3. The molecule has 1 aliphatic rings. The summed E-state index contributed by atoms with van der Waals surface area (Å²) in [5, 5.41) is 3.40. The molecular weight excluding hydrogens is 196 g/mol. The van der Waals surface area contributed by atoms with Crippen LogP contribution in [-0.2, 0) is 0 Å². The van der Waals surface area contributed by atoms with Crippen LogP contribution in [0, 0.1) is 19.8 Å². The topological polar surface area (TPSA) is 38.0 Å².